The van der Waals surface area contributed by atoms with E-state index in [9.17, 15) is 5.11 Å². The van der Waals surface area contributed by atoms with Crippen LogP contribution >= 0.6 is 15.9 Å². The van der Waals surface area contributed by atoms with Gasteiger partial charge in [-0.25, -0.2) is 9.97 Å². The van der Waals surface area contributed by atoms with E-state index in [1.807, 2.05) is 6.07 Å². The molecular formula is C12H18BrN3O2. The van der Waals surface area contributed by atoms with Gasteiger partial charge >= 0.3 is 0 Å². The smallest absolute Gasteiger partial charge is 0.135 e. The fraction of sp³-hybridized carbons (Fsp3) is 0.667. The van der Waals surface area contributed by atoms with Crippen molar-refractivity contribution >= 4 is 21.7 Å². The third kappa shape index (κ3) is 4.19. The fourth-order valence-corrected chi connectivity index (χ4v) is 2.09. The van der Waals surface area contributed by atoms with Crippen molar-refractivity contribution in [1.82, 2.24) is 9.97 Å². The van der Waals surface area contributed by atoms with Crippen LogP contribution in [0, 0.1) is 0 Å². The number of hydrogen-bond acceptors (Lipinski definition) is 5. The van der Waals surface area contributed by atoms with Crippen molar-refractivity contribution in [2.24, 2.45) is 0 Å². The molecule has 0 saturated heterocycles. The summed E-state index contributed by atoms with van der Waals surface area (Å²) in [6, 6.07) is 1.86. The van der Waals surface area contributed by atoms with Crippen LogP contribution in [0.5, 0.6) is 0 Å². The lowest BCUT2D eigenvalue weighted by atomic mass is 10.2. The van der Waals surface area contributed by atoms with Crippen LogP contribution in [-0.2, 0) is 4.74 Å². The van der Waals surface area contributed by atoms with Gasteiger partial charge in [0.15, 0.2) is 0 Å². The molecular weight excluding hydrogens is 298 g/mol. The zero-order chi connectivity index (χ0) is 13.0. The van der Waals surface area contributed by atoms with Crippen LogP contribution < -0.4 is 5.32 Å². The largest absolute Gasteiger partial charge is 0.391 e. The van der Waals surface area contributed by atoms with Crippen LogP contribution in [0.3, 0.4) is 0 Å². The van der Waals surface area contributed by atoms with E-state index in [1.165, 1.54) is 12.8 Å². The van der Waals surface area contributed by atoms with Crippen LogP contribution in [0.2, 0.25) is 0 Å². The number of aromatic nitrogens is 2. The third-order valence-corrected chi connectivity index (χ3v) is 3.20. The number of ether oxygens (including phenoxy) is 1. The standard InChI is InChI=1S/C12H18BrN3O2/c1-18-7-9(17)4-5-14-11-6-10(13)15-12(16-11)8-2-3-8/h6,8-9,17H,2-5,7H2,1H3,(H,14,15,16). The Bertz CT molecular complexity index is 399. The lowest BCUT2D eigenvalue weighted by Crippen LogP contribution is -2.18. The summed E-state index contributed by atoms with van der Waals surface area (Å²) in [7, 11) is 1.58. The molecule has 2 rings (SSSR count). The Balaban J connectivity index is 1.85. The molecule has 100 valence electrons. The molecule has 18 heavy (non-hydrogen) atoms. The number of nitrogens with zero attached hydrogens (tertiary/aromatic N) is 2. The first-order valence-corrected chi connectivity index (χ1v) is 6.93. The predicted octanol–water partition coefficient (Wildman–Crippen LogP) is 1.93. The van der Waals surface area contributed by atoms with Crippen LogP contribution in [0.4, 0.5) is 5.82 Å². The van der Waals surface area contributed by atoms with E-state index < -0.39 is 6.10 Å². The van der Waals surface area contributed by atoms with E-state index in [4.69, 9.17) is 4.74 Å². The highest BCUT2D eigenvalue weighted by molar-refractivity contribution is 9.10. The Labute approximate surface area is 115 Å². The molecule has 1 saturated carbocycles. The van der Waals surface area contributed by atoms with Crippen molar-refractivity contribution in [3.63, 3.8) is 0 Å². The number of rotatable bonds is 7. The fourth-order valence-electron chi connectivity index (χ4n) is 1.69. The highest BCUT2D eigenvalue weighted by atomic mass is 79.9. The summed E-state index contributed by atoms with van der Waals surface area (Å²) in [5, 5.41) is 12.7. The molecule has 1 fully saturated rings. The summed E-state index contributed by atoms with van der Waals surface area (Å²) in [4.78, 5) is 8.84. The number of aliphatic hydroxyl groups is 1. The SMILES string of the molecule is COCC(O)CCNc1cc(Br)nc(C2CC2)n1. The second-order valence-electron chi connectivity index (χ2n) is 4.53. The Hall–Kier alpha value is -0.720. The average molecular weight is 316 g/mol. The van der Waals surface area contributed by atoms with Crippen LogP contribution in [0.25, 0.3) is 0 Å². The number of halogens is 1. The van der Waals surface area contributed by atoms with E-state index in [1.54, 1.807) is 7.11 Å². The Morgan fingerprint density at radius 2 is 2.33 bits per heavy atom. The van der Waals surface area contributed by atoms with Gasteiger partial charge in [-0.2, -0.15) is 0 Å². The van der Waals surface area contributed by atoms with E-state index in [-0.39, 0.29) is 0 Å². The van der Waals surface area contributed by atoms with Gasteiger partial charge in [0, 0.05) is 25.6 Å². The molecule has 1 aliphatic carbocycles. The summed E-state index contributed by atoms with van der Waals surface area (Å²) in [5.74, 6) is 2.25. The lowest BCUT2D eigenvalue weighted by molar-refractivity contribution is 0.0615. The van der Waals surface area contributed by atoms with Crippen molar-refractivity contribution in [3.05, 3.63) is 16.5 Å². The van der Waals surface area contributed by atoms with Gasteiger partial charge in [0.25, 0.3) is 0 Å². The summed E-state index contributed by atoms with van der Waals surface area (Å²) in [5.41, 5.74) is 0. The second kappa shape index (κ2) is 6.45. The van der Waals surface area contributed by atoms with E-state index >= 15 is 0 Å². The first kappa shape index (κ1) is 13.7. The maximum atomic E-state index is 9.53. The van der Waals surface area contributed by atoms with Gasteiger partial charge in [0.2, 0.25) is 0 Å². The Morgan fingerprint density at radius 3 is 3.00 bits per heavy atom. The number of hydrogen-bond donors (Lipinski definition) is 2. The van der Waals surface area contributed by atoms with Crippen molar-refractivity contribution < 1.29 is 9.84 Å². The molecule has 6 heteroatoms. The Morgan fingerprint density at radius 1 is 1.56 bits per heavy atom. The second-order valence-corrected chi connectivity index (χ2v) is 5.35. The Kier molecular flexibility index (Phi) is 4.91. The molecule has 2 N–H and O–H groups in total. The normalized spacial score (nSPS) is 16.6. The van der Waals surface area contributed by atoms with Gasteiger partial charge in [-0.05, 0) is 35.2 Å². The summed E-state index contributed by atoms with van der Waals surface area (Å²) >= 11 is 3.39. The molecule has 0 aliphatic heterocycles. The van der Waals surface area contributed by atoms with Gasteiger partial charge in [-0.15, -0.1) is 0 Å². The summed E-state index contributed by atoms with van der Waals surface area (Å²) in [6.07, 6.45) is 2.56. The van der Waals surface area contributed by atoms with Gasteiger partial charge < -0.3 is 15.2 Å². The maximum Gasteiger partial charge on any atom is 0.135 e. The number of anilines is 1. The molecule has 0 amide bonds. The number of aliphatic hydroxyl groups excluding tert-OH is 1. The zero-order valence-corrected chi connectivity index (χ0v) is 12.0. The number of methoxy groups -OCH3 is 1. The molecule has 1 heterocycles. The topological polar surface area (TPSA) is 67.3 Å². The van der Waals surface area contributed by atoms with Crippen LogP contribution in [0.1, 0.15) is 31.0 Å². The van der Waals surface area contributed by atoms with Crippen molar-refractivity contribution in [1.29, 1.82) is 0 Å². The van der Waals surface area contributed by atoms with Crippen LogP contribution in [0.15, 0.2) is 10.7 Å². The molecule has 1 atom stereocenters. The average Bonchev–Trinajstić information content (AvgIpc) is 3.12. The minimum absolute atomic E-state index is 0.364. The molecule has 1 aromatic rings. The van der Waals surface area contributed by atoms with E-state index in [2.05, 4.69) is 31.2 Å². The highest BCUT2D eigenvalue weighted by Gasteiger charge is 2.27. The molecule has 1 aromatic heterocycles. The molecule has 0 spiro atoms. The van der Waals surface area contributed by atoms with Gasteiger partial charge in [0.1, 0.15) is 16.2 Å². The van der Waals surface area contributed by atoms with Gasteiger partial charge in [-0.3, -0.25) is 0 Å². The summed E-state index contributed by atoms with van der Waals surface area (Å²) < 4.78 is 5.68. The molecule has 1 unspecified atom stereocenters. The maximum absolute atomic E-state index is 9.53. The van der Waals surface area contributed by atoms with Gasteiger partial charge in [-0.1, -0.05) is 0 Å². The van der Waals surface area contributed by atoms with E-state index in [0.717, 1.165) is 16.2 Å². The summed E-state index contributed by atoms with van der Waals surface area (Å²) in [6.45, 7) is 1.03. The van der Waals surface area contributed by atoms with Crippen LogP contribution in [-0.4, -0.2) is 41.4 Å². The quantitative estimate of drug-likeness (QED) is 0.752. The minimum atomic E-state index is -0.435. The van der Waals surface area contributed by atoms with Gasteiger partial charge in [0.05, 0.1) is 12.7 Å². The first-order chi connectivity index (χ1) is 8.69. The lowest BCUT2D eigenvalue weighted by Gasteiger charge is -2.11. The highest BCUT2D eigenvalue weighted by Crippen LogP contribution is 2.38. The monoisotopic (exact) mass is 315 g/mol. The molecule has 0 bridgehead atoms. The predicted molar refractivity (Wildman–Crippen MR) is 72.7 cm³/mol. The molecule has 0 radical (unpaired) electrons. The molecule has 5 nitrogen and oxygen atoms in total. The zero-order valence-electron chi connectivity index (χ0n) is 10.4. The first-order valence-electron chi connectivity index (χ1n) is 6.14. The third-order valence-electron chi connectivity index (χ3n) is 2.80. The molecule has 0 aromatic carbocycles. The minimum Gasteiger partial charge on any atom is -0.391 e. The van der Waals surface area contributed by atoms with E-state index in [0.29, 0.717) is 25.5 Å². The molecule has 1 aliphatic rings. The number of nitrogens with one attached hydrogen (secondary N) is 1. The van der Waals surface area contributed by atoms with Crippen molar-refractivity contribution in [2.75, 3.05) is 25.6 Å². The van der Waals surface area contributed by atoms with Crippen molar-refractivity contribution in [2.45, 2.75) is 31.3 Å². The van der Waals surface area contributed by atoms with Crippen molar-refractivity contribution in [3.8, 4) is 0 Å².